The van der Waals surface area contributed by atoms with Gasteiger partial charge in [0.1, 0.15) is 17.4 Å². The van der Waals surface area contributed by atoms with Crippen molar-refractivity contribution in [3.8, 4) is 5.75 Å². The third-order valence-corrected chi connectivity index (χ3v) is 4.67. The summed E-state index contributed by atoms with van der Waals surface area (Å²) in [4.78, 5) is 28.1. The van der Waals surface area contributed by atoms with Gasteiger partial charge in [0.15, 0.2) is 0 Å². The monoisotopic (exact) mass is 388 g/mol. The van der Waals surface area contributed by atoms with E-state index in [2.05, 4.69) is 0 Å². The fourth-order valence-electron chi connectivity index (χ4n) is 3.15. The molecule has 3 rings (SSSR count). The minimum absolute atomic E-state index is 0.0239. The van der Waals surface area contributed by atoms with Crippen LogP contribution < -0.4 is 4.74 Å². The average molecular weight is 388 g/mol. The molecule has 0 saturated carbocycles. The van der Waals surface area contributed by atoms with Gasteiger partial charge in [0.25, 0.3) is 5.91 Å². The number of rotatable bonds is 5. The van der Waals surface area contributed by atoms with E-state index in [1.807, 2.05) is 31.2 Å². The molecule has 5 nitrogen and oxygen atoms in total. The molecule has 2 amide bonds. The maximum atomic E-state index is 13.8. The van der Waals surface area contributed by atoms with Crippen molar-refractivity contribution >= 4 is 11.8 Å². The summed E-state index contributed by atoms with van der Waals surface area (Å²) in [6.07, 6.45) is 0.271. The van der Waals surface area contributed by atoms with Crippen LogP contribution in [0, 0.1) is 11.6 Å². The van der Waals surface area contributed by atoms with Crippen LogP contribution in [-0.2, 0) is 11.2 Å². The molecule has 2 aromatic rings. The van der Waals surface area contributed by atoms with Gasteiger partial charge in [-0.15, -0.1) is 0 Å². The zero-order valence-electron chi connectivity index (χ0n) is 15.7. The number of carbonyl (C=O) groups is 2. The number of ether oxygens (including phenoxy) is 1. The summed E-state index contributed by atoms with van der Waals surface area (Å²) in [5.74, 6) is -1.35. The van der Waals surface area contributed by atoms with Gasteiger partial charge in [-0.1, -0.05) is 12.1 Å². The van der Waals surface area contributed by atoms with Crippen LogP contribution in [0.1, 0.15) is 22.8 Å². The van der Waals surface area contributed by atoms with Crippen LogP contribution in [0.4, 0.5) is 8.78 Å². The number of carbonyl (C=O) groups excluding carboxylic acids is 2. The van der Waals surface area contributed by atoms with Gasteiger partial charge < -0.3 is 14.5 Å². The number of hydrogen-bond donors (Lipinski definition) is 0. The van der Waals surface area contributed by atoms with E-state index in [9.17, 15) is 18.4 Å². The summed E-state index contributed by atoms with van der Waals surface area (Å²) < 4.78 is 32.2. The molecule has 0 radical (unpaired) electrons. The first-order valence-electron chi connectivity index (χ1n) is 9.21. The normalized spacial score (nSPS) is 14.1. The number of nitrogens with zero attached hydrogens (tertiary/aromatic N) is 2. The van der Waals surface area contributed by atoms with Crippen LogP contribution in [0.15, 0.2) is 42.5 Å². The van der Waals surface area contributed by atoms with Gasteiger partial charge in [0.2, 0.25) is 5.91 Å². The highest BCUT2D eigenvalue weighted by molar-refractivity contribution is 5.94. The molecule has 0 N–H and O–H groups in total. The molecule has 2 aromatic carbocycles. The molecule has 0 spiro atoms. The number of piperazine rings is 1. The molecule has 1 heterocycles. The lowest BCUT2D eigenvalue weighted by molar-refractivity contribution is -0.131. The molecule has 0 atom stereocenters. The molecule has 1 fully saturated rings. The predicted octanol–water partition coefficient (Wildman–Crippen LogP) is 2.89. The summed E-state index contributed by atoms with van der Waals surface area (Å²) in [6.45, 7) is 3.87. The molecular weight excluding hydrogens is 366 g/mol. The van der Waals surface area contributed by atoms with Crippen molar-refractivity contribution in [2.24, 2.45) is 0 Å². The lowest BCUT2D eigenvalue weighted by atomic mass is 10.1. The molecular formula is C21H22F2N2O3. The van der Waals surface area contributed by atoms with Crippen LogP contribution in [0.25, 0.3) is 0 Å². The minimum Gasteiger partial charge on any atom is -0.494 e. The standard InChI is InChI=1S/C21H22F2N2O3/c1-2-28-17-6-3-15(4-7-17)13-20(26)24-9-11-25(12-10-24)21(27)18-8-5-16(22)14-19(18)23/h3-8,14H,2,9-13H2,1H3. The quantitative estimate of drug-likeness (QED) is 0.792. The Morgan fingerprint density at radius 3 is 2.21 bits per heavy atom. The molecule has 1 saturated heterocycles. The number of halogens is 2. The molecule has 0 bridgehead atoms. The first-order valence-corrected chi connectivity index (χ1v) is 9.21. The zero-order chi connectivity index (χ0) is 20.1. The Hall–Kier alpha value is -2.96. The summed E-state index contributed by atoms with van der Waals surface area (Å²) >= 11 is 0. The lowest BCUT2D eigenvalue weighted by Gasteiger charge is -2.35. The minimum atomic E-state index is -0.876. The Kier molecular flexibility index (Phi) is 6.23. The lowest BCUT2D eigenvalue weighted by Crippen LogP contribution is -2.51. The van der Waals surface area contributed by atoms with Gasteiger partial charge in [-0.3, -0.25) is 9.59 Å². The molecule has 0 aliphatic carbocycles. The first kappa shape index (κ1) is 19.8. The van der Waals surface area contributed by atoms with E-state index in [1.165, 1.54) is 4.90 Å². The predicted molar refractivity (Wildman–Crippen MR) is 100 cm³/mol. The summed E-state index contributed by atoms with van der Waals surface area (Å²) in [7, 11) is 0. The van der Waals surface area contributed by atoms with Crippen LogP contribution in [-0.4, -0.2) is 54.4 Å². The van der Waals surface area contributed by atoms with E-state index in [0.29, 0.717) is 38.9 Å². The van der Waals surface area contributed by atoms with Crippen LogP contribution >= 0.6 is 0 Å². The van der Waals surface area contributed by atoms with Crippen molar-refractivity contribution in [3.05, 3.63) is 65.2 Å². The fourth-order valence-corrected chi connectivity index (χ4v) is 3.15. The topological polar surface area (TPSA) is 49.9 Å². The van der Waals surface area contributed by atoms with Gasteiger partial charge in [-0.05, 0) is 36.8 Å². The number of hydrogen-bond acceptors (Lipinski definition) is 3. The first-order chi connectivity index (χ1) is 13.5. The maximum absolute atomic E-state index is 13.8. The highest BCUT2D eigenvalue weighted by atomic mass is 19.1. The van der Waals surface area contributed by atoms with Gasteiger partial charge in [-0.25, -0.2) is 8.78 Å². The van der Waals surface area contributed by atoms with E-state index in [0.717, 1.165) is 23.4 Å². The van der Waals surface area contributed by atoms with Crippen molar-refractivity contribution in [2.75, 3.05) is 32.8 Å². The van der Waals surface area contributed by atoms with Crippen LogP contribution in [0.5, 0.6) is 5.75 Å². The van der Waals surface area contributed by atoms with Crippen molar-refractivity contribution in [2.45, 2.75) is 13.3 Å². The number of benzene rings is 2. The Morgan fingerprint density at radius 2 is 1.61 bits per heavy atom. The molecule has 28 heavy (non-hydrogen) atoms. The third-order valence-electron chi connectivity index (χ3n) is 4.67. The second-order valence-electron chi connectivity index (χ2n) is 6.55. The maximum Gasteiger partial charge on any atom is 0.256 e. The smallest absolute Gasteiger partial charge is 0.256 e. The van der Waals surface area contributed by atoms with Crippen LogP contribution in [0.2, 0.25) is 0 Å². The highest BCUT2D eigenvalue weighted by Crippen LogP contribution is 2.16. The fraction of sp³-hybridized carbons (Fsp3) is 0.333. The summed E-state index contributed by atoms with van der Waals surface area (Å²) in [5, 5.41) is 0. The van der Waals surface area contributed by atoms with Gasteiger partial charge in [0, 0.05) is 32.2 Å². The zero-order valence-corrected chi connectivity index (χ0v) is 15.7. The van der Waals surface area contributed by atoms with E-state index < -0.39 is 17.5 Å². The largest absolute Gasteiger partial charge is 0.494 e. The van der Waals surface area contributed by atoms with Gasteiger partial charge >= 0.3 is 0 Å². The third kappa shape index (κ3) is 4.65. The molecule has 1 aliphatic heterocycles. The van der Waals surface area contributed by atoms with Crippen LogP contribution in [0.3, 0.4) is 0 Å². The Balaban J connectivity index is 1.54. The van der Waals surface area contributed by atoms with Gasteiger partial charge in [-0.2, -0.15) is 0 Å². The van der Waals surface area contributed by atoms with Crippen molar-refractivity contribution in [1.82, 2.24) is 9.80 Å². The van der Waals surface area contributed by atoms with E-state index in [1.54, 1.807) is 4.90 Å². The number of amides is 2. The SMILES string of the molecule is CCOc1ccc(CC(=O)N2CCN(C(=O)c3ccc(F)cc3F)CC2)cc1. The summed E-state index contributed by atoms with van der Waals surface area (Å²) in [5.41, 5.74) is 0.732. The Labute approximate surface area is 162 Å². The van der Waals surface area contributed by atoms with Crippen molar-refractivity contribution < 1.29 is 23.1 Å². The Morgan fingerprint density at radius 1 is 0.964 bits per heavy atom. The van der Waals surface area contributed by atoms with E-state index in [4.69, 9.17) is 4.74 Å². The molecule has 7 heteroatoms. The average Bonchev–Trinajstić information content (AvgIpc) is 2.69. The highest BCUT2D eigenvalue weighted by Gasteiger charge is 2.26. The second-order valence-corrected chi connectivity index (χ2v) is 6.55. The molecule has 0 aromatic heterocycles. The van der Waals surface area contributed by atoms with E-state index in [-0.39, 0.29) is 17.9 Å². The second kappa shape index (κ2) is 8.82. The Bertz CT molecular complexity index is 847. The molecule has 1 aliphatic rings. The van der Waals surface area contributed by atoms with E-state index >= 15 is 0 Å². The van der Waals surface area contributed by atoms with Crippen molar-refractivity contribution in [1.29, 1.82) is 0 Å². The van der Waals surface area contributed by atoms with Crippen molar-refractivity contribution in [3.63, 3.8) is 0 Å². The molecule has 0 unspecified atom stereocenters. The molecule has 148 valence electrons. The summed E-state index contributed by atoms with van der Waals surface area (Å²) in [6, 6.07) is 10.3. The van der Waals surface area contributed by atoms with Gasteiger partial charge in [0.05, 0.1) is 18.6 Å².